The van der Waals surface area contributed by atoms with Crippen LogP contribution in [0.1, 0.15) is 47.8 Å². The third-order valence-electron chi connectivity index (χ3n) is 7.07. The topological polar surface area (TPSA) is 120 Å². The summed E-state index contributed by atoms with van der Waals surface area (Å²) in [5, 5.41) is 12.2. The zero-order chi connectivity index (χ0) is 25.6. The SMILES string of the molecule is Cc1ccc(OCC2CC2)c(-c2ncnc3c(C(=O)N[C@H]4C[C@@H](C)N(C(=O)CO)C4)c(C)[nH]c23)c1F. The third-order valence-corrected chi connectivity index (χ3v) is 7.07. The van der Waals surface area contributed by atoms with Gasteiger partial charge in [0.05, 0.1) is 23.3 Å². The Morgan fingerprint density at radius 1 is 1.28 bits per heavy atom. The number of fused-ring (bicyclic) bond motifs is 1. The highest BCUT2D eigenvalue weighted by Crippen LogP contribution is 2.39. The number of benzene rings is 1. The first kappa shape index (κ1) is 24.2. The number of nitrogens with zero attached hydrogens (tertiary/aromatic N) is 3. The Balaban J connectivity index is 1.48. The lowest BCUT2D eigenvalue weighted by molar-refractivity contribution is -0.134. The number of aryl methyl sites for hydroxylation is 2. The fourth-order valence-corrected chi connectivity index (χ4v) is 4.92. The van der Waals surface area contributed by atoms with Crippen LogP contribution in [0.3, 0.4) is 0 Å². The molecule has 1 saturated heterocycles. The van der Waals surface area contributed by atoms with Gasteiger partial charge in [0.2, 0.25) is 5.91 Å². The highest BCUT2D eigenvalue weighted by Gasteiger charge is 2.34. The first-order valence-electron chi connectivity index (χ1n) is 12.2. The van der Waals surface area contributed by atoms with Gasteiger partial charge in [-0.15, -0.1) is 0 Å². The van der Waals surface area contributed by atoms with Crippen LogP contribution in [-0.2, 0) is 4.79 Å². The molecule has 1 saturated carbocycles. The van der Waals surface area contributed by atoms with Crippen molar-refractivity contribution in [2.24, 2.45) is 5.92 Å². The summed E-state index contributed by atoms with van der Waals surface area (Å²) in [5.74, 6) is -0.210. The molecule has 3 N–H and O–H groups in total. The second-order valence-corrected chi connectivity index (χ2v) is 9.85. The maximum atomic E-state index is 15.4. The van der Waals surface area contributed by atoms with Crippen LogP contribution in [0.2, 0.25) is 0 Å². The van der Waals surface area contributed by atoms with Gasteiger partial charge in [-0.1, -0.05) is 6.07 Å². The maximum Gasteiger partial charge on any atom is 0.255 e. The number of ether oxygens (including phenoxy) is 1. The van der Waals surface area contributed by atoms with E-state index in [1.807, 2.05) is 6.92 Å². The molecule has 9 nitrogen and oxygen atoms in total. The molecule has 2 fully saturated rings. The predicted octanol–water partition coefficient (Wildman–Crippen LogP) is 2.88. The standard InChI is InChI=1S/C26H30FN5O4/c1-13-4-7-18(36-11-16-5-6-16)21(22(13)27)24-25-23(28-12-29-24)20(15(3)30-25)26(35)31-17-8-14(2)32(9-17)19(34)10-33/h4,7,12,14,16-17,30,33H,5-6,8-11H2,1-3H3,(H,31,35)/t14-,17+/m1/s1. The van der Waals surface area contributed by atoms with Gasteiger partial charge < -0.3 is 25.0 Å². The molecule has 2 aliphatic rings. The van der Waals surface area contributed by atoms with Crippen molar-refractivity contribution < 1.29 is 23.8 Å². The Bertz CT molecular complexity index is 1340. The van der Waals surface area contributed by atoms with Crippen molar-refractivity contribution >= 4 is 22.8 Å². The normalized spacial score (nSPS) is 19.6. The largest absolute Gasteiger partial charge is 0.492 e. The molecular weight excluding hydrogens is 465 g/mol. The Morgan fingerprint density at radius 2 is 2.06 bits per heavy atom. The zero-order valence-corrected chi connectivity index (χ0v) is 20.6. The Morgan fingerprint density at radius 3 is 2.78 bits per heavy atom. The number of carbonyl (C=O) groups excluding carboxylic acids is 2. The van der Waals surface area contributed by atoms with E-state index in [1.165, 1.54) is 6.33 Å². The van der Waals surface area contributed by atoms with Crippen LogP contribution < -0.4 is 10.1 Å². The first-order chi connectivity index (χ1) is 17.3. The van der Waals surface area contributed by atoms with E-state index in [0.717, 1.165) is 12.8 Å². The molecule has 190 valence electrons. The van der Waals surface area contributed by atoms with E-state index in [9.17, 15) is 14.7 Å². The van der Waals surface area contributed by atoms with Crippen molar-refractivity contribution in [3.8, 4) is 17.0 Å². The molecule has 1 aliphatic heterocycles. The lowest BCUT2D eigenvalue weighted by Crippen LogP contribution is -2.40. The molecule has 2 atom stereocenters. The van der Waals surface area contributed by atoms with Crippen LogP contribution in [0.5, 0.6) is 5.75 Å². The van der Waals surface area contributed by atoms with Gasteiger partial charge in [-0.25, -0.2) is 14.4 Å². The number of hydrogen-bond acceptors (Lipinski definition) is 6. The second-order valence-electron chi connectivity index (χ2n) is 9.85. The summed E-state index contributed by atoms with van der Waals surface area (Å²) in [6, 6.07) is 3.09. The summed E-state index contributed by atoms with van der Waals surface area (Å²) in [4.78, 5) is 38.8. The number of nitrogens with one attached hydrogen (secondary N) is 2. The number of aromatic amines is 1. The molecule has 3 heterocycles. The predicted molar refractivity (Wildman–Crippen MR) is 131 cm³/mol. The van der Waals surface area contributed by atoms with Crippen molar-refractivity contribution in [2.75, 3.05) is 19.8 Å². The van der Waals surface area contributed by atoms with Crippen LogP contribution >= 0.6 is 0 Å². The van der Waals surface area contributed by atoms with Gasteiger partial charge in [-0.2, -0.15) is 0 Å². The molecule has 1 aliphatic carbocycles. The van der Waals surface area contributed by atoms with Crippen LogP contribution in [0.15, 0.2) is 18.5 Å². The molecule has 36 heavy (non-hydrogen) atoms. The summed E-state index contributed by atoms with van der Waals surface area (Å²) in [7, 11) is 0. The fourth-order valence-electron chi connectivity index (χ4n) is 4.92. The number of H-pyrrole nitrogens is 1. The molecule has 0 unspecified atom stereocenters. The van der Waals surface area contributed by atoms with E-state index in [-0.39, 0.29) is 29.5 Å². The lowest BCUT2D eigenvalue weighted by Gasteiger charge is -2.19. The number of amides is 2. The van der Waals surface area contributed by atoms with Gasteiger partial charge in [0.1, 0.15) is 35.7 Å². The smallest absolute Gasteiger partial charge is 0.255 e. The Kier molecular flexibility index (Phi) is 6.38. The Labute approximate surface area is 208 Å². The number of rotatable bonds is 7. The van der Waals surface area contributed by atoms with E-state index >= 15 is 4.39 Å². The Hall–Kier alpha value is -3.53. The molecule has 0 bridgehead atoms. The molecule has 0 radical (unpaired) electrons. The van der Waals surface area contributed by atoms with Gasteiger partial charge in [0.15, 0.2) is 0 Å². The summed E-state index contributed by atoms with van der Waals surface area (Å²) < 4.78 is 21.4. The summed E-state index contributed by atoms with van der Waals surface area (Å²) in [5.41, 5.74) is 2.82. The first-order valence-corrected chi connectivity index (χ1v) is 12.2. The molecule has 10 heteroatoms. The van der Waals surface area contributed by atoms with Gasteiger partial charge in [-0.05, 0) is 57.6 Å². The molecular formula is C26H30FN5O4. The van der Waals surface area contributed by atoms with E-state index in [2.05, 4.69) is 20.3 Å². The molecule has 2 amide bonds. The quantitative estimate of drug-likeness (QED) is 0.464. The number of halogens is 1. The van der Waals surface area contributed by atoms with Crippen molar-refractivity contribution in [3.63, 3.8) is 0 Å². The minimum Gasteiger partial charge on any atom is -0.492 e. The van der Waals surface area contributed by atoms with Gasteiger partial charge in [-0.3, -0.25) is 9.59 Å². The van der Waals surface area contributed by atoms with Crippen LogP contribution in [-0.4, -0.2) is 68.6 Å². The number of hydrogen-bond donors (Lipinski definition) is 3. The molecule has 0 spiro atoms. The van der Waals surface area contributed by atoms with Gasteiger partial charge in [0, 0.05) is 24.3 Å². The summed E-state index contributed by atoms with van der Waals surface area (Å²) >= 11 is 0. The maximum absolute atomic E-state index is 15.4. The number of likely N-dealkylation sites (tertiary alicyclic amines) is 1. The van der Waals surface area contributed by atoms with E-state index in [1.54, 1.807) is 30.9 Å². The van der Waals surface area contributed by atoms with Crippen molar-refractivity contribution in [1.82, 2.24) is 25.2 Å². The minimum atomic E-state index is -0.561. The van der Waals surface area contributed by atoms with Crippen molar-refractivity contribution in [1.29, 1.82) is 0 Å². The number of aliphatic hydroxyl groups is 1. The monoisotopic (exact) mass is 495 g/mol. The fraction of sp³-hybridized carbons (Fsp3) is 0.462. The molecule has 3 aromatic rings. The number of carbonyl (C=O) groups is 2. The number of aliphatic hydroxyl groups excluding tert-OH is 1. The third kappa shape index (κ3) is 4.41. The summed E-state index contributed by atoms with van der Waals surface area (Å²) in [6.45, 7) is 5.62. The average Bonchev–Trinajstić information content (AvgIpc) is 3.52. The molecule has 1 aromatic carbocycles. The van der Waals surface area contributed by atoms with Gasteiger partial charge >= 0.3 is 0 Å². The van der Waals surface area contributed by atoms with E-state index in [4.69, 9.17) is 4.74 Å². The van der Waals surface area contributed by atoms with Gasteiger partial charge in [0.25, 0.3) is 5.91 Å². The summed E-state index contributed by atoms with van der Waals surface area (Å²) in [6.07, 6.45) is 4.13. The lowest BCUT2D eigenvalue weighted by atomic mass is 10.0. The highest BCUT2D eigenvalue weighted by atomic mass is 19.1. The molecule has 2 aromatic heterocycles. The average molecular weight is 496 g/mol. The van der Waals surface area contributed by atoms with Crippen LogP contribution in [0, 0.1) is 25.6 Å². The minimum absolute atomic E-state index is 0.0914. The molecule has 5 rings (SSSR count). The van der Waals surface area contributed by atoms with Crippen LogP contribution in [0.25, 0.3) is 22.3 Å². The van der Waals surface area contributed by atoms with Crippen LogP contribution in [0.4, 0.5) is 4.39 Å². The number of aromatic nitrogens is 3. The zero-order valence-electron chi connectivity index (χ0n) is 20.6. The second kappa shape index (κ2) is 9.50. The highest BCUT2D eigenvalue weighted by molar-refractivity contribution is 6.09. The van der Waals surface area contributed by atoms with E-state index < -0.39 is 12.4 Å². The van der Waals surface area contributed by atoms with Crippen molar-refractivity contribution in [2.45, 2.75) is 52.1 Å². The van der Waals surface area contributed by atoms with Crippen molar-refractivity contribution in [3.05, 3.63) is 41.1 Å². The van der Waals surface area contributed by atoms with E-state index in [0.29, 0.717) is 64.8 Å².